The van der Waals surface area contributed by atoms with Crippen LogP contribution in [-0.2, 0) is 17.8 Å². The van der Waals surface area contributed by atoms with Crippen LogP contribution in [0.2, 0.25) is 5.02 Å². The van der Waals surface area contributed by atoms with Crippen LogP contribution in [0.25, 0.3) is 0 Å². The lowest BCUT2D eigenvalue weighted by Crippen LogP contribution is -3.16. The highest BCUT2D eigenvalue weighted by atomic mass is 35.5. The van der Waals surface area contributed by atoms with Crippen molar-refractivity contribution >= 4 is 23.2 Å². The molecule has 22 heavy (non-hydrogen) atoms. The summed E-state index contributed by atoms with van der Waals surface area (Å²) >= 11 is 5.86. The number of amides is 1. The summed E-state index contributed by atoms with van der Waals surface area (Å²) in [6, 6.07) is 15.6. The Labute approximate surface area is 135 Å². The minimum atomic E-state index is -0.0796. The van der Waals surface area contributed by atoms with Crippen LogP contribution in [0.4, 0.5) is 5.69 Å². The Kier molecular flexibility index (Phi) is 4.46. The van der Waals surface area contributed by atoms with Gasteiger partial charge in [-0.1, -0.05) is 35.9 Å². The van der Waals surface area contributed by atoms with Gasteiger partial charge in [-0.3, -0.25) is 4.79 Å². The lowest BCUT2D eigenvalue weighted by atomic mass is 9.99. The van der Waals surface area contributed by atoms with Crippen LogP contribution in [0.15, 0.2) is 48.5 Å². The van der Waals surface area contributed by atoms with Crippen molar-refractivity contribution in [3.05, 3.63) is 64.7 Å². The van der Waals surface area contributed by atoms with Crippen molar-refractivity contribution in [1.82, 2.24) is 0 Å². The smallest absolute Gasteiger partial charge is 0.282 e. The van der Waals surface area contributed by atoms with E-state index in [1.54, 1.807) is 12.1 Å². The molecule has 3 nitrogen and oxygen atoms in total. The van der Waals surface area contributed by atoms with Crippen molar-refractivity contribution in [3.63, 3.8) is 0 Å². The number of fused-ring (bicyclic) bond motifs is 1. The maximum Gasteiger partial charge on any atom is 0.282 e. The quantitative estimate of drug-likeness (QED) is 0.895. The Hall–Kier alpha value is -1.84. The summed E-state index contributed by atoms with van der Waals surface area (Å²) in [5.41, 5.74) is 3.56. The number of benzene rings is 2. The van der Waals surface area contributed by atoms with Gasteiger partial charge in [0.2, 0.25) is 0 Å². The third-order valence-corrected chi connectivity index (χ3v) is 4.62. The number of carbonyl (C=O) groups is 1. The minimum Gasteiger partial charge on any atom is -0.321 e. The lowest BCUT2D eigenvalue weighted by Gasteiger charge is -2.30. The number of carbonyl (C=O) groups excluding carboxylic acids is 1. The van der Waals surface area contributed by atoms with E-state index in [2.05, 4.69) is 29.6 Å². The molecule has 4 heteroatoms. The molecule has 1 amide bonds. The first-order valence-corrected chi connectivity index (χ1v) is 7.99. The largest absolute Gasteiger partial charge is 0.321 e. The number of rotatable bonds is 3. The predicted molar refractivity (Wildman–Crippen MR) is 89.2 cm³/mol. The highest BCUT2D eigenvalue weighted by Gasteiger charge is 2.28. The van der Waals surface area contributed by atoms with Gasteiger partial charge in [-0.25, -0.2) is 0 Å². The minimum absolute atomic E-state index is 0.0525. The normalized spacial score (nSPS) is 18.4. The maximum absolute atomic E-state index is 12.4. The standard InChI is InChI=1S/C18H19ClN2O/c1-13(18(22)20-17-8-6-16(19)7-9-17)21-11-10-14-4-2-3-5-15(14)12-21/h2-9,13H,10-12H2,1H3,(H,20,22)/p+1/t13-/m1/s1. The van der Waals surface area contributed by atoms with Gasteiger partial charge in [-0.05, 0) is 36.8 Å². The van der Waals surface area contributed by atoms with Gasteiger partial charge in [-0.15, -0.1) is 0 Å². The van der Waals surface area contributed by atoms with Gasteiger partial charge in [0, 0.05) is 22.7 Å². The van der Waals surface area contributed by atoms with E-state index >= 15 is 0 Å². The van der Waals surface area contributed by atoms with E-state index in [4.69, 9.17) is 11.6 Å². The van der Waals surface area contributed by atoms with Crippen LogP contribution in [0.3, 0.4) is 0 Å². The number of anilines is 1. The van der Waals surface area contributed by atoms with E-state index in [9.17, 15) is 4.79 Å². The molecule has 2 atom stereocenters. The molecule has 0 bridgehead atoms. The average molecular weight is 316 g/mol. The molecule has 0 spiro atoms. The predicted octanol–water partition coefficient (Wildman–Crippen LogP) is 2.31. The summed E-state index contributed by atoms with van der Waals surface area (Å²) in [5, 5.41) is 3.64. The summed E-state index contributed by atoms with van der Waals surface area (Å²) < 4.78 is 0. The van der Waals surface area contributed by atoms with Gasteiger partial charge in [0.15, 0.2) is 6.04 Å². The van der Waals surface area contributed by atoms with Gasteiger partial charge in [0.25, 0.3) is 5.91 Å². The summed E-state index contributed by atoms with van der Waals surface area (Å²) in [5.74, 6) is 0.0525. The number of hydrogen-bond acceptors (Lipinski definition) is 1. The Morgan fingerprint density at radius 2 is 1.82 bits per heavy atom. The van der Waals surface area contributed by atoms with E-state index in [0.29, 0.717) is 5.02 Å². The molecular formula is C18H20ClN2O+. The van der Waals surface area contributed by atoms with Crippen LogP contribution in [-0.4, -0.2) is 18.5 Å². The van der Waals surface area contributed by atoms with Crippen LogP contribution in [0.5, 0.6) is 0 Å². The molecule has 1 aliphatic heterocycles. The van der Waals surface area contributed by atoms with E-state index in [1.165, 1.54) is 16.0 Å². The first-order valence-electron chi connectivity index (χ1n) is 7.61. The van der Waals surface area contributed by atoms with Crippen molar-refractivity contribution in [2.75, 3.05) is 11.9 Å². The Morgan fingerprint density at radius 1 is 1.14 bits per heavy atom. The fourth-order valence-electron chi connectivity index (χ4n) is 2.94. The summed E-state index contributed by atoms with van der Waals surface area (Å²) in [4.78, 5) is 13.8. The lowest BCUT2D eigenvalue weighted by molar-refractivity contribution is -0.929. The van der Waals surface area contributed by atoms with Crippen LogP contribution in [0, 0.1) is 0 Å². The maximum atomic E-state index is 12.4. The van der Waals surface area contributed by atoms with Crippen molar-refractivity contribution in [2.45, 2.75) is 25.9 Å². The molecule has 1 aliphatic rings. The van der Waals surface area contributed by atoms with Crippen LogP contribution in [0.1, 0.15) is 18.1 Å². The van der Waals surface area contributed by atoms with Crippen LogP contribution < -0.4 is 10.2 Å². The number of halogens is 1. The van der Waals surface area contributed by atoms with Gasteiger partial charge in [-0.2, -0.15) is 0 Å². The highest BCUT2D eigenvalue weighted by Crippen LogP contribution is 2.14. The molecule has 1 unspecified atom stereocenters. The molecule has 2 aromatic rings. The fourth-order valence-corrected chi connectivity index (χ4v) is 3.07. The summed E-state index contributed by atoms with van der Waals surface area (Å²) in [6.45, 7) is 3.89. The Morgan fingerprint density at radius 3 is 2.55 bits per heavy atom. The number of quaternary nitrogens is 1. The molecule has 0 saturated heterocycles. The molecule has 0 aliphatic carbocycles. The molecule has 2 N–H and O–H groups in total. The van der Waals surface area contributed by atoms with Gasteiger partial charge in [0.05, 0.1) is 6.54 Å². The van der Waals surface area contributed by atoms with Crippen molar-refractivity contribution in [1.29, 1.82) is 0 Å². The third kappa shape index (κ3) is 3.32. The van der Waals surface area contributed by atoms with Crippen LogP contribution >= 0.6 is 11.6 Å². The number of nitrogens with one attached hydrogen (secondary N) is 2. The second kappa shape index (κ2) is 6.51. The molecule has 0 radical (unpaired) electrons. The molecule has 2 aromatic carbocycles. The van der Waals surface area contributed by atoms with E-state index in [1.807, 2.05) is 19.1 Å². The van der Waals surface area contributed by atoms with Crippen molar-refractivity contribution in [3.8, 4) is 0 Å². The SMILES string of the molecule is C[C@H](C(=O)Nc1ccc(Cl)cc1)[NH+]1CCc2ccccc2C1. The Balaban J connectivity index is 1.65. The second-order valence-corrected chi connectivity index (χ2v) is 6.26. The highest BCUT2D eigenvalue weighted by molar-refractivity contribution is 6.30. The average Bonchev–Trinajstić information content (AvgIpc) is 2.55. The number of hydrogen-bond donors (Lipinski definition) is 2. The molecule has 0 fully saturated rings. The van der Waals surface area contributed by atoms with Crippen molar-refractivity contribution < 1.29 is 9.69 Å². The Bertz CT molecular complexity index is 669. The second-order valence-electron chi connectivity index (χ2n) is 5.82. The van der Waals surface area contributed by atoms with Gasteiger partial charge >= 0.3 is 0 Å². The van der Waals surface area contributed by atoms with Crippen molar-refractivity contribution in [2.24, 2.45) is 0 Å². The topological polar surface area (TPSA) is 33.5 Å². The zero-order valence-corrected chi connectivity index (χ0v) is 13.4. The summed E-state index contributed by atoms with van der Waals surface area (Å²) in [6.07, 6.45) is 1.03. The molecule has 1 heterocycles. The zero-order chi connectivity index (χ0) is 15.5. The molecular weight excluding hydrogens is 296 g/mol. The van der Waals surface area contributed by atoms with Gasteiger partial charge < -0.3 is 10.2 Å². The molecule has 0 saturated carbocycles. The first kappa shape index (κ1) is 15.1. The monoisotopic (exact) mass is 315 g/mol. The summed E-state index contributed by atoms with van der Waals surface area (Å²) in [7, 11) is 0. The van der Waals surface area contributed by atoms with E-state index in [-0.39, 0.29) is 11.9 Å². The fraction of sp³-hybridized carbons (Fsp3) is 0.278. The molecule has 114 valence electrons. The molecule has 0 aromatic heterocycles. The zero-order valence-electron chi connectivity index (χ0n) is 12.6. The van der Waals surface area contributed by atoms with Gasteiger partial charge in [0.1, 0.15) is 6.54 Å². The van der Waals surface area contributed by atoms with E-state index in [0.717, 1.165) is 25.2 Å². The van der Waals surface area contributed by atoms with E-state index < -0.39 is 0 Å². The molecule has 3 rings (SSSR count). The third-order valence-electron chi connectivity index (χ3n) is 4.37. The first-order chi connectivity index (χ1) is 10.6.